The Morgan fingerprint density at radius 3 is 2.92 bits per heavy atom. The van der Waals surface area contributed by atoms with E-state index >= 15 is 0 Å². The molecule has 0 amide bonds. The fraction of sp³-hybridized carbons (Fsp3) is 0.250. The van der Waals surface area contributed by atoms with E-state index in [0.717, 1.165) is 5.56 Å². The molecule has 1 rings (SSSR count). The summed E-state index contributed by atoms with van der Waals surface area (Å²) in [5.41, 5.74) is 6.48. The third-order valence-corrected chi connectivity index (χ3v) is 1.71. The van der Waals surface area contributed by atoms with E-state index in [2.05, 4.69) is 4.98 Å². The Hall–Kier alpha value is -1.11. The van der Waals surface area contributed by atoms with Crippen molar-refractivity contribution >= 4 is 11.6 Å². The molecule has 0 aliphatic rings. The number of halogens is 1. The predicted octanol–water partition coefficient (Wildman–Crippen LogP) is 1.65. The number of nitrogens with zero attached hydrogens (tertiary/aromatic N) is 2. The second-order valence-electron chi connectivity index (χ2n) is 2.38. The van der Waals surface area contributed by atoms with E-state index in [0.29, 0.717) is 11.6 Å². The third kappa shape index (κ3) is 2.19. The highest BCUT2D eigenvalue weighted by Crippen LogP contribution is 2.13. The average molecular weight is 182 g/mol. The highest BCUT2D eigenvalue weighted by molar-refractivity contribution is 6.29. The van der Waals surface area contributed by atoms with Crippen LogP contribution in [0.15, 0.2) is 18.3 Å². The zero-order chi connectivity index (χ0) is 8.97. The van der Waals surface area contributed by atoms with Crippen molar-refractivity contribution in [2.24, 2.45) is 5.73 Å². The van der Waals surface area contributed by atoms with Crippen LogP contribution in [0.5, 0.6) is 0 Å². The summed E-state index contributed by atoms with van der Waals surface area (Å²) in [7, 11) is 0. The first kappa shape index (κ1) is 8.98. The Morgan fingerprint density at radius 2 is 2.42 bits per heavy atom. The molecule has 0 aliphatic carbocycles. The van der Waals surface area contributed by atoms with E-state index < -0.39 is 0 Å². The highest BCUT2D eigenvalue weighted by atomic mass is 35.5. The van der Waals surface area contributed by atoms with Crippen LogP contribution >= 0.6 is 11.6 Å². The molecule has 1 aromatic rings. The minimum atomic E-state index is -0.264. The Morgan fingerprint density at radius 1 is 1.67 bits per heavy atom. The number of hydrogen-bond acceptors (Lipinski definition) is 3. The molecule has 0 saturated heterocycles. The summed E-state index contributed by atoms with van der Waals surface area (Å²) >= 11 is 5.58. The van der Waals surface area contributed by atoms with Crippen LogP contribution in [0.2, 0.25) is 5.15 Å². The van der Waals surface area contributed by atoms with E-state index in [9.17, 15) is 0 Å². The van der Waals surface area contributed by atoms with Gasteiger partial charge in [-0.15, -0.1) is 0 Å². The van der Waals surface area contributed by atoms with Gasteiger partial charge in [-0.2, -0.15) is 5.26 Å². The number of aromatic nitrogens is 1. The third-order valence-electron chi connectivity index (χ3n) is 1.49. The lowest BCUT2D eigenvalue weighted by Crippen LogP contribution is -2.09. The van der Waals surface area contributed by atoms with E-state index in [1.165, 1.54) is 0 Å². The maximum atomic E-state index is 8.38. The minimum absolute atomic E-state index is 0.264. The van der Waals surface area contributed by atoms with Gasteiger partial charge in [0, 0.05) is 12.2 Å². The highest BCUT2D eigenvalue weighted by Gasteiger charge is 2.04. The Balaban J connectivity index is 2.76. The molecule has 1 heterocycles. The summed E-state index contributed by atoms with van der Waals surface area (Å²) in [5.74, 6) is 0. The van der Waals surface area contributed by atoms with Crippen LogP contribution in [0.3, 0.4) is 0 Å². The molecule has 3 nitrogen and oxygen atoms in total. The number of rotatable bonds is 2. The van der Waals surface area contributed by atoms with Crippen molar-refractivity contribution in [2.75, 3.05) is 0 Å². The molecule has 0 aromatic carbocycles. The second kappa shape index (κ2) is 4.05. The molecule has 0 saturated carbocycles. The molecule has 0 aliphatic heterocycles. The molecule has 4 heteroatoms. The summed E-state index contributed by atoms with van der Waals surface area (Å²) in [6.07, 6.45) is 1.88. The fourth-order valence-electron chi connectivity index (χ4n) is 0.823. The van der Waals surface area contributed by atoms with Gasteiger partial charge < -0.3 is 5.73 Å². The van der Waals surface area contributed by atoms with Crippen LogP contribution in [0.4, 0.5) is 0 Å². The largest absolute Gasteiger partial charge is 0.323 e. The van der Waals surface area contributed by atoms with Crippen LogP contribution in [0.25, 0.3) is 0 Å². The molecule has 12 heavy (non-hydrogen) atoms. The number of pyridine rings is 1. The second-order valence-corrected chi connectivity index (χ2v) is 2.77. The van der Waals surface area contributed by atoms with Gasteiger partial charge in [-0.1, -0.05) is 17.7 Å². The Kier molecular flexibility index (Phi) is 3.03. The van der Waals surface area contributed by atoms with Crippen molar-refractivity contribution in [1.29, 1.82) is 5.26 Å². The van der Waals surface area contributed by atoms with Gasteiger partial charge >= 0.3 is 0 Å². The molecular formula is C8H8ClN3. The van der Waals surface area contributed by atoms with Crippen molar-refractivity contribution in [3.8, 4) is 6.07 Å². The van der Waals surface area contributed by atoms with Crippen LogP contribution in [-0.4, -0.2) is 4.98 Å². The summed E-state index contributed by atoms with van der Waals surface area (Å²) in [6, 6.07) is 5.17. The number of hydrogen-bond donors (Lipinski definition) is 1. The number of nitrogens with two attached hydrogens (primary N) is 1. The quantitative estimate of drug-likeness (QED) is 0.706. The van der Waals surface area contributed by atoms with Gasteiger partial charge in [0.2, 0.25) is 0 Å². The van der Waals surface area contributed by atoms with Crippen LogP contribution in [0, 0.1) is 11.3 Å². The zero-order valence-electron chi connectivity index (χ0n) is 6.37. The smallest absolute Gasteiger partial charge is 0.129 e. The lowest BCUT2D eigenvalue weighted by Gasteiger charge is -2.05. The van der Waals surface area contributed by atoms with Gasteiger partial charge in [-0.25, -0.2) is 4.98 Å². The van der Waals surface area contributed by atoms with Crippen LogP contribution in [-0.2, 0) is 0 Å². The summed E-state index contributed by atoms with van der Waals surface area (Å²) in [4.78, 5) is 3.86. The SMILES string of the molecule is N#CC[C@@H](N)c1ccc(Cl)nc1. The molecule has 0 unspecified atom stereocenters. The van der Waals surface area contributed by atoms with Crippen molar-refractivity contribution < 1.29 is 0 Å². The lowest BCUT2D eigenvalue weighted by molar-refractivity contribution is 0.744. The van der Waals surface area contributed by atoms with E-state index in [-0.39, 0.29) is 6.04 Å². The zero-order valence-corrected chi connectivity index (χ0v) is 7.12. The maximum Gasteiger partial charge on any atom is 0.129 e. The van der Waals surface area contributed by atoms with Crippen LogP contribution in [0.1, 0.15) is 18.0 Å². The predicted molar refractivity (Wildman–Crippen MR) is 46.4 cm³/mol. The summed E-state index contributed by atoms with van der Waals surface area (Å²) < 4.78 is 0. The number of nitriles is 1. The van der Waals surface area contributed by atoms with Crippen molar-refractivity contribution in [1.82, 2.24) is 4.98 Å². The molecule has 2 N–H and O–H groups in total. The van der Waals surface area contributed by atoms with Crippen molar-refractivity contribution in [2.45, 2.75) is 12.5 Å². The van der Waals surface area contributed by atoms with Gasteiger partial charge in [-0.05, 0) is 11.6 Å². The molecule has 0 fully saturated rings. The fourth-order valence-corrected chi connectivity index (χ4v) is 0.935. The monoisotopic (exact) mass is 181 g/mol. The van der Waals surface area contributed by atoms with Gasteiger partial charge in [0.05, 0.1) is 12.5 Å². The molecule has 1 atom stereocenters. The maximum absolute atomic E-state index is 8.38. The molecular weight excluding hydrogens is 174 g/mol. The van der Waals surface area contributed by atoms with E-state index in [4.69, 9.17) is 22.6 Å². The molecule has 1 aromatic heterocycles. The Labute approximate surface area is 75.8 Å². The molecule has 62 valence electrons. The minimum Gasteiger partial charge on any atom is -0.323 e. The lowest BCUT2D eigenvalue weighted by atomic mass is 10.1. The van der Waals surface area contributed by atoms with Gasteiger partial charge in [0.15, 0.2) is 0 Å². The normalized spacial score (nSPS) is 12.1. The first-order chi connectivity index (χ1) is 5.74. The molecule has 0 spiro atoms. The first-order valence-corrected chi connectivity index (χ1v) is 3.86. The average Bonchev–Trinajstić information content (AvgIpc) is 2.06. The Bertz CT molecular complexity index is 288. The summed E-state index contributed by atoms with van der Waals surface area (Å²) in [6.45, 7) is 0. The van der Waals surface area contributed by atoms with Gasteiger partial charge in [-0.3, -0.25) is 0 Å². The van der Waals surface area contributed by atoms with E-state index in [1.54, 1.807) is 18.3 Å². The first-order valence-electron chi connectivity index (χ1n) is 3.48. The topological polar surface area (TPSA) is 62.7 Å². The van der Waals surface area contributed by atoms with Gasteiger partial charge in [0.1, 0.15) is 5.15 Å². The van der Waals surface area contributed by atoms with Crippen molar-refractivity contribution in [3.05, 3.63) is 29.0 Å². The molecule has 0 bridgehead atoms. The molecule has 0 radical (unpaired) electrons. The van der Waals surface area contributed by atoms with Crippen LogP contribution < -0.4 is 5.73 Å². The standard InChI is InChI=1S/C8H8ClN3/c9-8-2-1-6(5-12-8)7(11)3-4-10/h1-2,5,7H,3,11H2/t7-/m1/s1. The van der Waals surface area contributed by atoms with Gasteiger partial charge in [0.25, 0.3) is 0 Å². The van der Waals surface area contributed by atoms with Crippen molar-refractivity contribution in [3.63, 3.8) is 0 Å². The van der Waals surface area contributed by atoms with E-state index in [1.807, 2.05) is 6.07 Å². The summed E-state index contributed by atoms with van der Waals surface area (Å²) in [5, 5.41) is 8.81.